The summed E-state index contributed by atoms with van der Waals surface area (Å²) in [7, 11) is 1.48. The van der Waals surface area contributed by atoms with E-state index >= 15 is 0 Å². The van der Waals surface area contributed by atoms with E-state index in [0.29, 0.717) is 5.56 Å². The molecule has 7 nitrogen and oxygen atoms in total. The summed E-state index contributed by atoms with van der Waals surface area (Å²) in [5.74, 6) is -1.27. The number of aryl methyl sites for hydroxylation is 1. The van der Waals surface area contributed by atoms with Gasteiger partial charge in [0, 0.05) is 13.7 Å². The number of rotatable bonds is 6. The number of carbonyl (C=O) groups is 2. The zero-order chi connectivity index (χ0) is 15.5. The molecule has 0 fully saturated rings. The monoisotopic (exact) mass is 295 g/mol. The lowest BCUT2D eigenvalue weighted by Gasteiger charge is -2.28. The third-order valence-electron chi connectivity index (χ3n) is 3.65. The molecule has 2 heterocycles. The lowest BCUT2D eigenvalue weighted by molar-refractivity contribution is -0.139. The number of ether oxygens (including phenoxy) is 1. The van der Waals surface area contributed by atoms with Crippen LogP contribution in [0.4, 0.5) is 0 Å². The molecule has 7 heteroatoms. The van der Waals surface area contributed by atoms with Gasteiger partial charge in [0.05, 0.1) is 36.0 Å². The highest BCUT2D eigenvalue weighted by Crippen LogP contribution is 2.19. The topological polar surface area (TPSA) is 93.4 Å². The van der Waals surface area contributed by atoms with E-state index in [2.05, 4.69) is 10.4 Å². The number of carboxylic acids is 1. The fourth-order valence-electron chi connectivity index (χ4n) is 2.74. The van der Waals surface area contributed by atoms with Gasteiger partial charge in [0.15, 0.2) is 0 Å². The van der Waals surface area contributed by atoms with Crippen LogP contribution in [0.1, 0.15) is 42.2 Å². The Morgan fingerprint density at radius 2 is 2.29 bits per heavy atom. The van der Waals surface area contributed by atoms with Crippen molar-refractivity contribution in [3.05, 3.63) is 17.5 Å². The van der Waals surface area contributed by atoms with Crippen molar-refractivity contribution in [1.29, 1.82) is 0 Å². The molecule has 0 saturated heterocycles. The summed E-state index contributed by atoms with van der Waals surface area (Å²) in [6.07, 6.45) is 4.29. The quantitative estimate of drug-likeness (QED) is 0.810. The van der Waals surface area contributed by atoms with Crippen molar-refractivity contribution in [3.8, 4) is 0 Å². The van der Waals surface area contributed by atoms with Crippen LogP contribution in [-0.4, -0.2) is 46.0 Å². The molecule has 0 aliphatic carbocycles. The molecule has 1 atom stereocenters. The van der Waals surface area contributed by atoms with Crippen LogP contribution in [0.15, 0.2) is 6.20 Å². The predicted octanol–water partition coefficient (Wildman–Crippen LogP) is 0.829. The molecule has 0 bridgehead atoms. The van der Waals surface area contributed by atoms with Crippen molar-refractivity contribution in [1.82, 2.24) is 15.1 Å². The van der Waals surface area contributed by atoms with Crippen LogP contribution in [0.3, 0.4) is 0 Å². The fraction of sp³-hybridized carbons (Fsp3) is 0.643. The first kappa shape index (κ1) is 15.5. The molecule has 1 aliphatic heterocycles. The summed E-state index contributed by atoms with van der Waals surface area (Å²) in [5, 5.41) is 16.0. The van der Waals surface area contributed by atoms with Crippen LogP contribution in [0.25, 0.3) is 0 Å². The Morgan fingerprint density at radius 1 is 1.52 bits per heavy atom. The zero-order valence-corrected chi connectivity index (χ0v) is 12.4. The standard InChI is InChI=1S/C14H21N3O4/c1-14(9-21-2,7-12(18)19)16-13(20)10-8-15-17-6-4-3-5-11(10)17/h8H,3-7,9H2,1-2H3,(H,16,20)(H,18,19). The highest BCUT2D eigenvalue weighted by molar-refractivity contribution is 5.96. The van der Waals surface area contributed by atoms with Gasteiger partial charge in [-0.1, -0.05) is 0 Å². The Kier molecular flexibility index (Phi) is 4.62. The summed E-state index contributed by atoms with van der Waals surface area (Å²) in [6, 6.07) is 0. The molecule has 2 rings (SSSR count). The van der Waals surface area contributed by atoms with Gasteiger partial charge < -0.3 is 15.2 Å². The van der Waals surface area contributed by atoms with Crippen LogP contribution in [0.2, 0.25) is 0 Å². The number of methoxy groups -OCH3 is 1. The van der Waals surface area contributed by atoms with Crippen LogP contribution in [-0.2, 0) is 22.5 Å². The molecule has 0 spiro atoms. The number of aromatic nitrogens is 2. The minimum absolute atomic E-state index is 0.133. The summed E-state index contributed by atoms with van der Waals surface area (Å²) in [4.78, 5) is 23.4. The van der Waals surface area contributed by atoms with Crippen molar-refractivity contribution < 1.29 is 19.4 Å². The number of nitrogens with one attached hydrogen (secondary N) is 1. The van der Waals surface area contributed by atoms with E-state index in [1.165, 1.54) is 7.11 Å². The number of hydrogen-bond donors (Lipinski definition) is 2. The third-order valence-corrected chi connectivity index (χ3v) is 3.65. The van der Waals surface area contributed by atoms with E-state index in [0.717, 1.165) is 31.5 Å². The zero-order valence-electron chi connectivity index (χ0n) is 12.4. The Labute approximate surface area is 123 Å². The van der Waals surface area contributed by atoms with E-state index < -0.39 is 11.5 Å². The highest BCUT2D eigenvalue weighted by atomic mass is 16.5. The minimum atomic E-state index is -0.980. The number of aliphatic carboxylic acids is 1. The number of nitrogens with zero attached hydrogens (tertiary/aromatic N) is 2. The molecular formula is C14H21N3O4. The molecule has 1 aliphatic rings. The molecule has 1 unspecified atom stereocenters. The van der Waals surface area contributed by atoms with Crippen molar-refractivity contribution >= 4 is 11.9 Å². The molecule has 0 saturated carbocycles. The summed E-state index contributed by atoms with van der Waals surface area (Å²) >= 11 is 0. The smallest absolute Gasteiger partial charge is 0.305 e. The molecule has 2 N–H and O–H groups in total. The maximum absolute atomic E-state index is 12.4. The Balaban J connectivity index is 2.15. The maximum Gasteiger partial charge on any atom is 0.305 e. The molecule has 0 aromatic carbocycles. The second-order valence-electron chi connectivity index (χ2n) is 5.70. The van der Waals surface area contributed by atoms with Gasteiger partial charge in [0.2, 0.25) is 0 Å². The van der Waals surface area contributed by atoms with Gasteiger partial charge in [-0.2, -0.15) is 5.10 Å². The van der Waals surface area contributed by atoms with Gasteiger partial charge in [0.25, 0.3) is 5.91 Å². The fourth-order valence-corrected chi connectivity index (χ4v) is 2.74. The van der Waals surface area contributed by atoms with Gasteiger partial charge in [-0.15, -0.1) is 0 Å². The van der Waals surface area contributed by atoms with Gasteiger partial charge in [-0.25, -0.2) is 0 Å². The third kappa shape index (κ3) is 3.60. The highest BCUT2D eigenvalue weighted by Gasteiger charge is 2.31. The van der Waals surface area contributed by atoms with Crippen LogP contribution in [0.5, 0.6) is 0 Å². The van der Waals surface area contributed by atoms with Gasteiger partial charge in [-0.05, 0) is 26.2 Å². The molecule has 1 aromatic rings. The van der Waals surface area contributed by atoms with Crippen LogP contribution < -0.4 is 5.32 Å². The van der Waals surface area contributed by atoms with Gasteiger partial charge >= 0.3 is 5.97 Å². The van der Waals surface area contributed by atoms with Crippen molar-refractivity contribution in [2.24, 2.45) is 0 Å². The van der Waals surface area contributed by atoms with Crippen molar-refractivity contribution in [2.45, 2.75) is 44.7 Å². The second kappa shape index (κ2) is 6.26. The second-order valence-corrected chi connectivity index (χ2v) is 5.70. The first-order valence-electron chi connectivity index (χ1n) is 7.03. The summed E-state index contributed by atoms with van der Waals surface area (Å²) in [6.45, 7) is 2.63. The number of hydrogen-bond acceptors (Lipinski definition) is 4. The average Bonchev–Trinajstić information content (AvgIpc) is 2.81. The molecular weight excluding hydrogens is 274 g/mol. The minimum Gasteiger partial charge on any atom is -0.481 e. The van der Waals surface area contributed by atoms with Crippen molar-refractivity contribution in [3.63, 3.8) is 0 Å². The Morgan fingerprint density at radius 3 is 2.95 bits per heavy atom. The lowest BCUT2D eigenvalue weighted by atomic mass is 9.97. The number of amides is 1. The lowest BCUT2D eigenvalue weighted by Crippen LogP contribution is -2.50. The van der Waals surface area contributed by atoms with Gasteiger partial charge in [-0.3, -0.25) is 14.3 Å². The average molecular weight is 295 g/mol. The number of fused-ring (bicyclic) bond motifs is 1. The molecule has 21 heavy (non-hydrogen) atoms. The van der Waals surface area contributed by atoms with E-state index in [9.17, 15) is 9.59 Å². The summed E-state index contributed by atoms with van der Waals surface area (Å²) in [5.41, 5.74) is 0.512. The van der Waals surface area contributed by atoms with E-state index in [-0.39, 0.29) is 18.9 Å². The van der Waals surface area contributed by atoms with Crippen molar-refractivity contribution in [2.75, 3.05) is 13.7 Å². The predicted molar refractivity (Wildman–Crippen MR) is 75.2 cm³/mol. The maximum atomic E-state index is 12.4. The van der Waals surface area contributed by atoms with E-state index in [4.69, 9.17) is 9.84 Å². The molecule has 116 valence electrons. The largest absolute Gasteiger partial charge is 0.481 e. The number of carbonyl (C=O) groups excluding carboxylic acids is 1. The molecule has 0 radical (unpaired) electrons. The SMILES string of the molecule is COCC(C)(CC(=O)O)NC(=O)c1cnn2c1CCCC2. The Bertz CT molecular complexity index is 540. The van der Waals surface area contributed by atoms with E-state index in [1.807, 2.05) is 4.68 Å². The van der Waals surface area contributed by atoms with Crippen LogP contribution >= 0.6 is 0 Å². The number of carboxylic acid groups (broad SMARTS) is 1. The molecule has 1 amide bonds. The van der Waals surface area contributed by atoms with Gasteiger partial charge in [0.1, 0.15) is 0 Å². The normalized spacial score (nSPS) is 16.9. The first-order chi connectivity index (χ1) is 9.95. The molecule has 1 aromatic heterocycles. The first-order valence-corrected chi connectivity index (χ1v) is 7.03. The van der Waals surface area contributed by atoms with Crippen LogP contribution in [0, 0.1) is 0 Å². The summed E-state index contributed by atoms with van der Waals surface area (Å²) < 4.78 is 6.89. The Hall–Kier alpha value is -1.89. The van der Waals surface area contributed by atoms with E-state index in [1.54, 1.807) is 13.1 Å².